The second-order valence-electron chi connectivity index (χ2n) is 4.67. The Morgan fingerprint density at radius 1 is 1.10 bits per heavy atom. The van der Waals surface area contributed by atoms with Crippen LogP contribution in [0.3, 0.4) is 0 Å². The Kier molecular flexibility index (Phi) is 3.60. The molecule has 0 bridgehead atoms. The van der Waals surface area contributed by atoms with E-state index in [9.17, 15) is 9.59 Å². The van der Waals surface area contributed by atoms with Crippen molar-refractivity contribution in [1.82, 2.24) is 10.2 Å². The second-order valence-corrected chi connectivity index (χ2v) is 5.62. The van der Waals surface area contributed by atoms with Crippen LogP contribution in [0.1, 0.15) is 5.56 Å². The molecular weight excluding hydrogens is 272 g/mol. The average molecular weight is 286 g/mol. The maximum atomic E-state index is 11.4. The summed E-state index contributed by atoms with van der Waals surface area (Å²) in [6.07, 6.45) is 0. The minimum atomic E-state index is -0.291. The van der Waals surface area contributed by atoms with Crippen LogP contribution in [0.4, 0.5) is 4.79 Å². The van der Waals surface area contributed by atoms with E-state index in [1.165, 1.54) is 21.2 Å². The van der Waals surface area contributed by atoms with Crippen LogP contribution in [0, 0.1) is 0 Å². The first kappa shape index (κ1) is 13.0. The van der Waals surface area contributed by atoms with Crippen molar-refractivity contribution in [3.05, 3.63) is 48.0 Å². The molecule has 2 aromatic carbocycles. The van der Waals surface area contributed by atoms with E-state index >= 15 is 0 Å². The van der Waals surface area contributed by atoms with Gasteiger partial charge in [-0.15, -0.1) is 11.8 Å². The summed E-state index contributed by atoms with van der Waals surface area (Å²) in [6.45, 7) is 0.168. The van der Waals surface area contributed by atoms with Crippen molar-refractivity contribution in [3.8, 4) is 0 Å². The largest absolute Gasteiger partial charge is 0.325 e. The van der Waals surface area contributed by atoms with Crippen molar-refractivity contribution in [2.24, 2.45) is 0 Å². The van der Waals surface area contributed by atoms with Gasteiger partial charge < -0.3 is 4.90 Å². The predicted molar refractivity (Wildman–Crippen MR) is 80.4 cm³/mol. The first-order valence-electron chi connectivity index (χ1n) is 6.37. The third-order valence-corrected chi connectivity index (χ3v) is 4.26. The van der Waals surface area contributed by atoms with Gasteiger partial charge in [0.25, 0.3) is 0 Å². The zero-order chi connectivity index (χ0) is 13.9. The maximum absolute atomic E-state index is 11.4. The average Bonchev–Trinajstić information content (AvgIpc) is 2.77. The van der Waals surface area contributed by atoms with Crippen molar-refractivity contribution in [2.45, 2.75) is 5.75 Å². The molecule has 0 unspecified atom stereocenters. The summed E-state index contributed by atoms with van der Waals surface area (Å²) in [5, 5.41) is 4.74. The Bertz CT molecular complexity index is 666. The molecule has 1 N–H and O–H groups in total. The molecule has 102 valence electrons. The van der Waals surface area contributed by atoms with Gasteiger partial charge in [0, 0.05) is 5.75 Å². The lowest BCUT2D eigenvalue weighted by Crippen LogP contribution is -2.27. The van der Waals surface area contributed by atoms with Crippen molar-refractivity contribution in [3.63, 3.8) is 0 Å². The molecule has 1 heterocycles. The lowest BCUT2D eigenvalue weighted by Gasteiger charge is -2.13. The highest BCUT2D eigenvalue weighted by Gasteiger charge is 2.25. The lowest BCUT2D eigenvalue weighted by atomic mass is 10.1. The number of hydrogen-bond donors (Lipinski definition) is 1. The number of nitrogens with zero attached hydrogens (tertiary/aromatic N) is 1. The summed E-state index contributed by atoms with van der Waals surface area (Å²) in [4.78, 5) is 24.0. The molecule has 1 aliphatic heterocycles. The highest BCUT2D eigenvalue weighted by molar-refractivity contribution is 7.98. The number of benzene rings is 2. The van der Waals surface area contributed by atoms with Crippen LogP contribution in [0.25, 0.3) is 10.8 Å². The van der Waals surface area contributed by atoms with Crippen LogP contribution in [0.2, 0.25) is 0 Å². The third kappa shape index (κ3) is 2.63. The minimum Gasteiger partial charge on any atom is -0.306 e. The molecule has 0 atom stereocenters. The van der Waals surface area contributed by atoms with Crippen molar-refractivity contribution in [1.29, 1.82) is 0 Å². The third-order valence-electron chi connectivity index (χ3n) is 3.25. The summed E-state index contributed by atoms with van der Waals surface area (Å²) in [6, 6.07) is 14.2. The lowest BCUT2D eigenvalue weighted by molar-refractivity contribution is -0.118. The molecule has 3 amide bonds. The fourth-order valence-corrected chi connectivity index (χ4v) is 3.26. The van der Waals surface area contributed by atoms with Crippen LogP contribution in [0.5, 0.6) is 0 Å². The number of amides is 3. The van der Waals surface area contributed by atoms with E-state index in [0.29, 0.717) is 5.88 Å². The Labute approximate surface area is 121 Å². The summed E-state index contributed by atoms with van der Waals surface area (Å²) in [5.74, 6) is 1.13. The van der Waals surface area contributed by atoms with Gasteiger partial charge >= 0.3 is 6.03 Å². The molecular formula is C15H14N2O2S. The highest BCUT2D eigenvalue weighted by Crippen LogP contribution is 2.23. The first-order valence-corrected chi connectivity index (χ1v) is 7.52. The van der Waals surface area contributed by atoms with Gasteiger partial charge in [0.05, 0.1) is 5.88 Å². The Hall–Kier alpha value is -2.01. The van der Waals surface area contributed by atoms with Crippen LogP contribution in [0.15, 0.2) is 42.5 Å². The number of rotatable bonds is 4. The molecule has 0 radical (unpaired) electrons. The van der Waals surface area contributed by atoms with Gasteiger partial charge in [-0.25, -0.2) is 4.79 Å². The number of carbonyl (C=O) groups is 2. The Morgan fingerprint density at radius 2 is 1.90 bits per heavy atom. The quantitative estimate of drug-likeness (QED) is 0.879. The number of thioether (sulfide) groups is 1. The van der Waals surface area contributed by atoms with E-state index in [0.717, 1.165) is 5.75 Å². The number of hydrogen-bond acceptors (Lipinski definition) is 3. The smallest absolute Gasteiger partial charge is 0.306 e. The molecule has 0 aliphatic carbocycles. The van der Waals surface area contributed by atoms with Gasteiger partial charge in [-0.2, -0.15) is 0 Å². The van der Waals surface area contributed by atoms with Gasteiger partial charge in [-0.05, 0) is 16.3 Å². The Balaban J connectivity index is 1.66. The molecule has 3 rings (SSSR count). The van der Waals surface area contributed by atoms with Gasteiger partial charge in [-0.3, -0.25) is 10.1 Å². The number of urea groups is 1. The molecule has 0 aromatic heterocycles. The molecule has 0 spiro atoms. The maximum Gasteiger partial charge on any atom is 0.325 e. The van der Waals surface area contributed by atoms with E-state index in [2.05, 4.69) is 29.6 Å². The minimum absolute atomic E-state index is 0.168. The molecule has 5 heteroatoms. The van der Waals surface area contributed by atoms with E-state index in [-0.39, 0.29) is 18.5 Å². The van der Waals surface area contributed by atoms with Crippen molar-refractivity contribution < 1.29 is 9.59 Å². The van der Waals surface area contributed by atoms with Gasteiger partial charge in [0.1, 0.15) is 6.54 Å². The monoisotopic (exact) mass is 286 g/mol. The second kappa shape index (κ2) is 5.54. The SMILES string of the molecule is O=C1CN(CSCc2cccc3ccccc23)C(=O)N1. The molecule has 4 nitrogen and oxygen atoms in total. The zero-order valence-corrected chi connectivity index (χ0v) is 11.7. The van der Waals surface area contributed by atoms with Gasteiger partial charge in [-0.1, -0.05) is 42.5 Å². The van der Waals surface area contributed by atoms with E-state index in [4.69, 9.17) is 0 Å². The van der Waals surface area contributed by atoms with Crippen molar-refractivity contribution >= 4 is 34.5 Å². The molecule has 1 fully saturated rings. The van der Waals surface area contributed by atoms with E-state index < -0.39 is 0 Å². The molecule has 1 saturated heterocycles. The Morgan fingerprint density at radius 3 is 2.70 bits per heavy atom. The molecule has 20 heavy (non-hydrogen) atoms. The molecule has 0 saturated carbocycles. The summed E-state index contributed by atoms with van der Waals surface area (Å²) in [5.41, 5.74) is 1.25. The summed E-state index contributed by atoms with van der Waals surface area (Å²) in [7, 11) is 0. The number of carbonyl (C=O) groups excluding carboxylic acids is 2. The fraction of sp³-hybridized carbons (Fsp3) is 0.200. The summed E-state index contributed by atoms with van der Waals surface area (Å²) >= 11 is 1.64. The standard InChI is InChI=1S/C15H14N2O2S/c18-14-8-17(15(19)16-14)10-20-9-12-6-3-5-11-4-1-2-7-13(11)12/h1-7H,8-10H2,(H,16,18,19). The van der Waals surface area contributed by atoms with Crippen molar-refractivity contribution in [2.75, 3.05) is 12.4 Å². The number of nitrogens with one attached hydrogen (secondary N) is 1. The first-order chi connectivity index (χ1) is 9.74. The van der Waals surface area contributed by atoms with E-state index in [1.807, 2.05) is 18.2 Å². The van der Waals surface area contributed by atoms with Gasteiger partial charge in [0.15, 0.2) is 0 Å². The number of fused-ring (bicyclic) bond motifs is 1. The highest BCUT2D eigenvalue weighted by atomic mass is 32.2. The molecule has 2 aromatic rings. The van der Waals surface area contributed by atoms with E-state index in [1.54, 1.807) is 11.8 Å². The summed E-state index contributed by atoms with van der Waals surface area (Å²) < 4.78 is 0. The van der Waals surface area contributed by atoms with Crippen LogP contribution in [-0.4, -0.2) is 29.3 Å². The fourth-order valence-electron chi connectivity index (χ4n) is 2.27. The normalized spacial score (nSPS) is 14.9. The predicted octanol–water partition coefficient (Wildman–Crippen LogP) is 2.58. The topological polar surface area (TPSA) is 49.4 Å². The van der Waals surface area contributed by atoms with Gasteiger partial charge in [0.2, 0.25) is 5.91 Å². The van der Waals surface area contributed by atoms with Crippen LogP contribution < -0.4 is 5.32 Å². The number of imide groups is 1. The van der Waals surface area contributed by atoms with Crippen LogP contribution >= 0.6 is 11.8 Å². The zero-order valence-electron chi connectivity index (χ0n) is 10.8. The van der Waals surface area contributed by atoms with Crippen LogP contribution in [-0.2, 0) is 10.5 Å². The molecule has 1 aliphatic rings.